The van der Waals surface area contributed by atoms with Gasteiger partial charge in [-0.15, -0.1) is 0 Å². The molecule has 7 heteroatoms. The molecule has 1 amide bonds. The van der Waals surface area contributed by atoms with Crippen molar-refractivity contribution in [3.8, 4) is 11.5 Å². The quantitative estimate of drug-likeness (QED) is 0.305. The van der Waals surface area contributed by atoms with Crippen molar-refractivity contribution in [2.75, 3.05) is 14.2 Å². The second-order valence-electron chi connectivity index (χ2n) is 12.2. The first kappa shape index (κ1) is 29.9. The van der Waals surface area contributed by atoms with Crippen LogP contribution >= 0.6 is 0 Å². The van der Waals surface area contributed by atoms with Gasteiger partial charge in [-0.1, -0.05) is 45.0 Å². The smallest absolute Gasteiger partial charge is 0.330 e. The molecule has 218 valence electrons. The lowest BCUT2D eigenvalue weighted by Gasteiger charge is -2.51. The molecular weight excluding hydrogens is 506 g/mol. The van der Waals surface area contributed by atoms with Crippen LogP contribution < -0.4 is 9.47 Å². The summed E-state index contributed by atoms with van der Waals surface area (Å²) >= 11 is 0. The fraction of sp³-hybridized carbons (Fsp3) is 0.576. The van der Waals surface area contributed by atoms with Crippen LogP contribution in [0.3, 0.4) is 0 Å². The highest BCUT2D eigenvalue weighted by atomic mass is 16.5. The minimum Gasteiger partial charge on any atom is -0.497 e. The van der Waals surface area contributed by atoms with E-state index in [4.69, 9.17) is 14.2 Å². The number of carbonyl (C=O) groups excluding carboxylic acids is 2. The van der Waals surface area contributed by atoms with Gasteiger partial charge in [0.2, 0.25) is 5.91 Å². The number of benzene rings is 2. The number of amides is 1. The lowest BCUT2D eigenvalue weighted by molar-refractivity contribution is -0.189. The SMILES string of the molecule is COc1ccc(CC(Cc2ccc(OC)cc2)N2C(=O)[C@@H](C(C)O)[C@@H]2C(=O)OC2CCCC(C)(C(C)C)C2)cc1. The molecule has 7 nitrogen and oxygen atoms in total. The van der Waals surface area contributed by atoms with Crippen molar-refractivity contribution in [3.05, 3.63) is 59.7 Å². The van der Waals surface area contributed by atoms with E-state index in [1.165, 1.54) is 0 Å². The number of rotatable bonds is 11. The van der Waals surface area contributed by atoms with E-state index >= 15 is 0 Å². The maximum atomic E-state index is 13.8. The molecule has 0 bridgehead atoms. The predicted molar refractivity (Wildman–Crippen MR) is 154 cm³/mol. The number of aliphatic hydroxyl groups excluding tert-OH is 1. The van der Waals surface area contributed by atoms with Gasteiger partial charge < -0.3 is 24.2 Å². The highest BCUT2D eigenvalue weighted by Gasteiger charge is 2.57. The number of carbonyl (C=O) groups is 2. The number of hydrogen-bond donors (Lipinski definition) is 1. The van der Waals surface area contributed by atoms with Gasteiger partial charge in [-0.3, -0.25) is 4.79 Å². The van der Waals surface area contributed by atoms with Crippen LogP contribution in [0.1, 0.15) is 64.5 Å². The summed E-state index contributed by atoms with van der Waals surface area (Å²) in [5.41, 5.74) is 2.17. The van der Waals surface area contributed by atoms with Gasteiger partial charge in [-0.05, 0) is 92.2 Å². The zero-order chi connectivity index (χ0) is 29.0. The van der Waals surface area contributed by atoms with Gasteiger partial charge >= 0.3 is 5.97 Å². The molecule has 2 aromatic carbocycles. The molecule has 0 radical (unpaired) electrons. The number of esters is 1. The summed E-state index contributed by atoms with van der Waals surface area (Å²) < 4.78 is 16.8. The van der Waals surface area contributed by atoms with E-state index in [9.17, 15) is 14.7 Å². The summed E-state index contributed by atoms with van der Waals surface area (Å²) in [5.74, 6) is 0.581. The highest BCUT2D eigenvalue weighted by molar-refractivity contribution is 5.98. The van der Waals surface area contributed by atoms with E-state index in [0.717, 1.165) is 48.3 Å². The van der Waals surface area contributed by atoms with Crippen molar-refractivity contribution in [2.45, 2.75) is 90.5 Å². The van der Waals surface area contributed by atoms with Gasteiger partial charge in [0.05, 0.1) is 26.2 Å². The van der Waals surface area contributed by atoms with Gasteiger partial charge in [-0.2, -0.15) is 0 Å². The normalized spacial score (nSPS) is 25.5. The van der Waals surface area contributed by atoms with Crippen LogP contribution in [0.5, 0.6) is 11.5 Å². The van der Waals surface area contributed by atoms with E-state index in [2.05, 4.69) is 20.8 Å². The minimum absolute atomic E-state index is 0.118. The number of β-lactam (4-membered cyclic amide) rings is 1. The monoisotopic (exact) mass is 551 g/mol. The zero-order valence-electron chi connectivity index (χ0n) is 24.8. The number of ether oxygens (including phenoxy) is 3. The third-order valence-corrected chi connectivity index (χ3v) is 9.24. The third kappa shape index (κ3) is 6.46. The number of methoxy groups -OCH3 is 2. The molecular formula is C33H45NO6. The molecule has 1 aliphatic carbocycles. The Hall–Kier alpha value is -3.06. The first-order valence-electron chi connectivity index (χ1n) is 14.5. The second-order valence-corrected chi connectivity index (χ2v) is 12.2. The zero-order valence-corrected chi connectivity index (χ0v) is 24.8. The van der Waals surface area contributed by atoms with Crippen LogP contribution in [0.4, 0.5) is 0 Å². The Balaban J connectivity index is 1.60. The Kier molecular flexibility index (Phi) is 9.44. The Bertz CT molecular complexity index is 1100. The van der Waals surface area contributed by atoms with E-state index in [-0.39, 0.29) is 23.5 Å². The number of hydrogen-bond acceptors (Lipinski definition) is 6. The maximum absolute atomic E-state index is 13.8. The van der Waals surface area contributed by atoms with Crippen LogP contribution in [0.15, 0.2) is 48.5 Å². The van der Waals surface area contributed by atoms with E-state index in [0.29, 0.717) is 18.8 Å². The van der Waals surface area contributed by atoms with E-state index in [1.54, 1.807) is 26.0 Å². The van der Waals surface area contributed by atoms with E-state index < -0.39 is 24.0 Å². The van der Waals surface area contributed by atoms with Crippen LogP contribution in [-0.2, 0) is 27.2 Å². The molecule has 0 aromatic heterocycles. The van der Waals surface area contributed by atoms with Crippen LogP contribution in [0.2, 0.25) is 0 Å². The molecule has 0 spiro atoms. The van der Waals surface area contributed by atoms with E-state index in [1.807, 2.05) is 48.5 Å². The molecule has 1 saturated heterocycles. The second kappa shape index (κ2) is 12.6. The molecule has 1 N–H and O–H groups in total. The fourth-order valence-corrected chi connectivity index (χ4v) is 6.33. The first-order chi connectivity index (χ1) is 19.1. The van der Waals surface area contributed by atoms with Gasteiger partial charge in [0.25, 0.3) is 0 Å². The molecule has 3 unspecified atom stereocenters. The Morgan fingerprint density at radius 1 is 0.975 bits per heavy atom. The Morgan fingerprint density at radius 3 is 1.95 bits per heavy atom. The lowest BCUT2D eigenvalue weighted by atomic mass is 9.67. The molecule has 2 fully saturated rings. The minimum atomic E-state index is -0.948. The molecule has 1 heterocycles. The third-order valence-electron chi connectivity index (χ3n) is 9.24. The van der Waals surface area contributed by atoms with Crippen molar-refractivity contribution in [3.63, 3.8) is 0 Å². The van der Waals surface area contributed by atoms with Crippen molar-refractivity contribution in [1.82, 2.24) is 4.90 Å². The largest absolute Gasteiger partial charge is 0.497 e. The molecule has 1 aliphatic heterocycles. The topological polar surface area (TPSA) is 85.3 Å². The van der Waals surface area contributed by atoms with Gasteiger partial charge in [-0.25, -0.2) is 4.79 Å². The standard InChI is InChI=1S/C33H45NO6/c1-21(2)33(4)17-7-8-28(20-33)40-32(37)30-29(22(3)35)31(36)34(30)25(18-23-9-13-26(38-5)14-10-23)19-24-11-15-27(39-6)16-12-24/h9-16,21-22,25,28-30,35H,7-8,17-20H2,1-6H3/t22?,28?,29-,30+,33?/m0/s1. The summed E-state index contributed by atoms with van der Waals surface area (Å²) in [6, 6.07) is 14.4. The van der Waals surface area contributed by atoms with Crippen LogP contribution in [-0.4, -0.2) is 60.4 Å². The van der Waals surface area contributed by atoms with Crippen molar-refractivity contribution >= 4 is 11.9 Å². The molecule has 2 aliphatic rings. The Labute approximate surface area is 238 Å². The number of likely N-dealkylation sites (tertiary alicyclic amines) is 1. The molecule has 1 saturated carbocycles. The summed E-state index contributed by atoms with van der Waals surface area (Å²) in [5, 5.41) is 10.5. The summed E-state index contributed by atoms with van der Waals surface area (Å²) in [7, 11) is 3.26. The maximum Gasteiger partial charge on any atom is 0.330 e. The van der Waals surface area contributed by atoms with Crippen LogP contribution in [0, 0.1) is 17.3 Å². The predicted octanol–water partition coefficient (Wildman–Crippen LogP) is 5.21. The van der Waals surface area contributed by atoms with Gasteiger partial charge in [0.15, 0.2) is 0 Å². The van der Waals surface area contributed by atoms with Gasteiger partial charge in [0, 0.05) is 6.04 Å². The molecule has 5 atom stereocenters. The van der Waals surface area contributed by atoms with Crippen molar-refractivity contribution < 1.29 is 28.9 Å². The highest BCUT2D eigenvalue weighted by Crippen LogP contribution is 2.44. The number of nitrogens with zero attached hydrogens (tertiary/aromatic N) is 1. The number of aliphatic hydroxyl groups is 1. The average Bonchev–Trinajstić information content (AvgIpc) is 2.92. The summed E-state index contributed by atoms with van der Waals surface area (Å²) in [4.78, 5) is 29.0. The molecule has 2 aromatic rings. The Morgan fingerprint density at radius 2 is 1.50 bits per heavy atom. The molecule has 40 heavy (non-hydrogen) atoms. The fourth-order valence-electron chi connectivity index (χ4n) is 6.33. The first-order valence-corrected chi connectivity index (χ1v) is 14.5. The molecule has 4 rings (SSSR count). The lowest BCUT2D eigenvalue weighted by Crippen LogP contribution is -2.71. The van der Waals surface area contributed by atoms with Gasteiger partial charge in [0.1, 0.15) is 23.6 Å². The van der Waals surface area contributed by atoms with Crippen LogP contribution in [0.25, 0.3) is 0 Å². The summed E-state index contributed by atoms with van der Waals surface area (Å²) in [6.45, 7) is 8.31. The summed E-state index contributed by atoms with van der Waals surface area (Å²) in [6.07, 6.45) is 3.75. The van der Waals surface area contributed by atoms with Crippen molar-refractivity contribution in [1.29, 1.82) is 0 Å². The van der Waals surface area contributed by atoms with Crippen molar-refractivity contribution in [2.24, 2.45) is 17.3 Å². The average molecular weight is 552 g/mol.